The number of hydrogen-bond acceptors (Lipinski definition) is 5. The van der Waals surface area contributed by atoms with Gasteiger partial charge in [-0.15, -0.1) is 0 Å². The van der Waals surface area contributed by atoms with E-state index in [1.807, 2.05) is 18.2 Å². The number of nitrogens with zero attached hydrogens (tertiary/aromatic N) is 1. The number of methoxy groups -OCH3 is 1. The van der Waals surface area contributed by atoms with Crippen LogP contribution in [-0.4, -0.2) is 19.2 Å². The molecule has 5 nitrogen and oxygen atoms in total. The Kier molecular flexibility index (Phi) is 2.84. The number of benzene rings is 1. The Morgan fingerprint density at radius 2 is 2.27 bits per heavy atom. The van der Waals surface area contributed by atoms with Crippen molar-refractivity contribution in [2.75, 3.05) is 14.2 Å². The van der Waals surface area contributed by atoms with E-state index in [0.717, 1.165) is 11.1 Å². The third kappa shape index (κ3) is 1.93. The highest BCUT2D eigenvalue weighted by Crippen LogP contribution is 2.23. The van der Waals surface area contributed by atoms with E-state index in [1.165, 1.54) is 7.11 Å². The van der Waals surface area contributed by atoms with Crippen molar-refractivity contribution < 1.29 is 14.0 Å². The van der Waals surface area contributed by atoms with E-state index < -0.39 is 0 Å². The summed E-state index contributed by atoms with van der Waals surface area (Å²) in [5.41, 5.74) is 5.26. The van der Waals surface area contributed by atoms with Gasteiger partial charge in [-0.05, 0) is 11.6 Å². The second-order valence-electron chi connectivity index (χ2n) is 2.97. The Morgan fingerprint density at radius 3 is 3.00 bits per heavy atom. The van der Waals surface area contributed by atoms with Crippen molar-refractivity contribution in [3.63, 3.8) is 0 Å². The largest absolute Gasteiger partial charge is 0.453 e. The van der Waals surface area contributed by atoms with Gasteiger partial charge in [0.25, 0.3) is 0 Å². The summed E-state index contributed by atoms with van der Waals surface area (Å²) < 4.78 is 10.3. The van der Waals surface area contributed by atoms with Gasteiger partial charge in [0.1, 0.15) is 5.52 Å². The maximum atomic E-state index is 5.34. The fraction of sp³-hybridized carbons (Fsp3) is 0.300. The van der Waals surface area contributed by atoms with E-state index in [4.69, 9.17) is 14.0 Å². The minimum atomic E-state index is 0.273. The molecule has 0 saturated heterocycles. The van der Waals surface area contributed by atoms with Crippen LogP contribution in [0.5, 0.6) is 6.08 Å². The van der Waals surface area contributed by atoms with E-state index in [-0.39, 0.29) is 6.08 Å². The van der Waals surface area contributed by atoms with Crippen molar-refractivity contribution in [1.82, 2.24) is 10.5 Å². The first-order valence-corrected chi connectivity index (χ1v) is 4.53. The first kappa shape index (κ1) is 9.95. The summed E-state index contributed by atoms with van der Waals surface area (Å²) in [5.74, 6) is 0. The number of oxazole rings is 1. The van der Waals surface area contributed by atoms with Gasteiger partial charge in [-0.25, -0.2) is 0 Å². The number of rotatable bonds is 4. The van der Waals surface area contributed by atoms with Crippen molar-refractivity contribution >= 4 is 11.1 Å². The molecule has 5 heteroatoms. The molecule has 0 unspecified atom stereocenters. The number of ether oxygens (including phenoxy) is 1. The highest BCUT2D eigenvalue weighted by Gasteiger charge is 2.09. The molecule has 0 aliphatic heterocycles. The zero-order valence-corrected chi connectivity index (χ0v) is 8.61. The summed E-state index contributed by atoms with van der Waals surface area (Å²) in [5, 5.41) is 0. The predicted molar refractivity (Wildman–Crippen MR) is 54.4 cm³/mol. The van der Waals surface area contributed by atoms with Gasteiger partial charge in [0, 0.05) is 6.54 Å². The van der Waals surface area contributed by atoms with E-state index in [1.54, 1.807) is 7.11 Å². The maximum Gasteiger partial charge on any atom is 0.394 e. The molecule has 0 amide bonds. The molecule has 1 aromatic carbocycles. The molecule has 2 aromatic rings. The summed E-state index contributed by atoms with van der Waals surface area (Å²) in [6, 6.07) is 5.71. The van der Waals surface area contributed by atoms with Crippen LogP contribution in [0.1, 0.15) is 5.56 Å². The summed E-state index contributed by atoms with van der Waals surface area (Å²) in [4.78, 5) is 8.99. The molecule has 1 heterocycles. The zero-order chi connectivity index (χ0) is 10.7. The quantitative estimate of drug-likeness (QED) is 0.771. The highest BCUT2D eigenvalue weighted by atomic mass is 16.6. The molecular weight excluding hydrogens is 196 g/mol. The summed E-state index contributed by atoms with van der Waals surface area (Å²) in [6.45, 7) is 0.573. The average molecular weight is 208 g/mol. The molecule has 1 aromatic heterocycles. The molecular formula is C10H12N2O3. The lowest BCUT2D eigenvalue weighted by molar-refractivity contribution is 0.0870. The third-order valence-corrected chi connectivity index (χ3v) is 2.06. The third-order valence-electron chi connectivity index (χ3n) is 2.06. The monoisotopic (exact) mass is 208 g/mol. The fourth-order valence-corrected chi connectivity index (χ4v) is 1.37. The molecule has 80 valence electrons. The smallest absolute Gasteiger partial charge is 0.394 e. The van der Waals surface area contributed by atoms with E-state index in [9.17, 15) is 0 Å². The second kappa shape index (κ2) is 4.29. The average Bonchev–Trinajstić information content (AvgIpc) is 2.69. The van der Waals surface area contributed by atoms with Crippen molar-refractivity contribution in [2.24, 2.45) is 0 Å². The molecule has 0 aliphatic carbocycles. The van der Waals surface area contributed by atoms with E-state index in [2.05, 4.69) is 10.5 Å². The minimum Gasteiger partial charge on any atom is -0.453 e. The SMILES string of the molecule is CONCc1cccc2oc(OC)nc12. The summed E-state index contributed by atoms with van der Waals surface area (Å²) in [6.07, 6.45) is 0.273. The normalized spacial score (nSPS) is 10.8. The Balaban J connectivity index is 2.40. The van der Waals surface area contributed by atoms with E-state index in [0.29, 0.717) is 12.1 Å². The Hall–Kier alpha value is -1.59. The lowest BCUT2D eigenvalue weighted by Gasteiger charge is -2.01. The number of fused-ring (bicyclic) bond motifs is 1. The number of aromatic nitrogens is 1. The summed E-state index contributed by atoms with van der Waals surface area (Å²) >= 11 is 0. The van der Waals surface area contributed by atoms with Crippen LogP contribution in [0, 0.1) is 0 Å². The topological polar surface area (TPSA) is 56.5 Å². The molecule has 2 rings (SSSR count). The van der Waals surface area contributed by atoms with Crippen LogP contribution in [0.15, 0.2) is 22.6 Å². The zero-order valence-electron chi connectivity index (χ0n) is 8.61. The Bertz CT molecular complexity index is 453. The number of hydroxylamine groups is 1. The van der Waals surface area contributed by atoms with Crippen LogP contribution >= 0.6 is 0 Å². The Labute approximate surface area is 87.0 Å². The van der Waals surface area contributed by atoms with Gasteiger partial charge in [0.05, 0.1) is 14.2 Å². The van der Waals surface area contributed by atoms with Gasteiger partial charge in [-0.2, -0.15) is 10.5 Å². The van der Waals surface area contributed by atoms with Gasteiger partial charge < -0.3 is 14.0 Å². The molecule has 15 heavy (non-hydrogen) atoms. The number of hydrogen-bond donors (Lipinski definition) is 1. The highest BCUT2D eigenvalue weighted by molar-refractivity contribution is 5.76. The molecule has 0 fully saturated rings. The van der Waals surface area contributed by atoms with Gasteiger partial charge in [-0.3, -0.25) is 0 Å². The molecule has 0 radical (unpaired) electrons. The Morgan fingerprint density at radius 1 is 1.40 bits per heavy atom. The standard InChI is InChI=1S/C10H12N2O3/c1-13-10-12-9-7(6-11-14-2)4-3-5-8(9)15-10/h3-5,11H,6H2,1-2H3. The second-order valence-corrected chi connectivity index (χ2v) is 2.97. The molecule has 0 saturated carbocycles. The molecule has 0 aliphatic rings. The van der Waals surface area contributed by atoms with Crippen molar-refractivity contribution in [1.29, 1.82) is 0 Å². The van der Waals surface area contributed by atoms with Gasteiger partial charge in [0.15, 0.2) is 5.58 Å². The van der Waals surface area contributed by atoms with Crippen LogP contribution in [0.4, 0.5) is 0 Å². The van der Waals surface area contributed by atoms with Crippen LogP contribution in [0.2, 0.25) is 0 Å². The van der Waals surface area contributed by atoms with Crippen LogP contribution in [-0.2, 0) is 11.4 Å². The first-order chi connectivity index (χ1) is 7.35. The molecule has 0 atom stereocenters. The van der Waals surface area contributed by atoms with Gasteiger partial charge >= 0.3 is 6.08 Å². The molecule has 0 bridgehead atoms. The van der Waals surface area contributed by atoms with E-state index >= 15 is 0 Å². The first-order valence-electron chi connectivity index (χ1n) is 4.53. The number of nitrogens with one attached hydrogen (secondary N) is 1. The van der Waals surface area contributed by atoms with Gasteiger partial charge in [0.2, 0.25) is 0 Å². The van der Waals surface area contributed by atoms with Crippen molar-refractivity contribution in [3.8, 4) is 6.08 Å². The minimum absolute atomic E-state index is 0.273. The van der Waals surface area contributed by atoms with Gasteiger partial charge in [-0.1, -0.05) is 12.1 Å². The fourth-order valence-electron chi connectivity index (χ4n) is 1.37. The lowest BCUT2D eigenvalue weighted by atomic mass is 10.2. The predicted octanol–water partition coefficient (Wildman–Crippen LogP) is 1.49. The van der Waals surface area contributed by atoms with Crippen LogP contribution in [0.3, 0.4) is 0 Å². The number of para-hydroxylation sites is 1. The molecule has 1 N–H and O–H groups in total. The van der Waals surface area contributed by atoms with Crippen molar-refractivity contribution in [2.45, 2.75) is 6.54 Å². The summed E-state index contributed by atoms with van der Waals surface area (Å²) in [7, 11) is 3.10. The molecule has 0 spiro atoms. The van der Waals surface area contributed by atoms with Crippen LogP contribution < -0.4 is 10.2 Å². The van der Waals surface area contributed by atoms with Crippen molar-refractivity contribution in [3.05, 3.63) is 23.8 Å². The lowest BCUT2D eigenvalue weighted by Crippen LogP contribution is -2.10. The maximum absolute atomic E-state index is 5.34. The van der Waals surface area contributed by atoms with Crippen LogP contribution in [0.25, 0.3) is 11.1 Å².